The van der Waals surface area contributed by atoms with Gasteiger partial charge in [0.15, 0.2) is 0 Å². The van der Waals surface area contributed by atoms with Crippen molar-refractivity contribution >= 4 is 16.1 Å². The van der Waals surface area contributed by atoms with Gasteiger partial charge in [-0.05, 0) is 6.07 Å². The third-order valence-corrected chi connectivity index (χ3v) is 6.16. The Balaban J connectivity index is 2.00. The monoisotopic (exact) mass is 371 g/mol. The van der Waals surface area contributed by atoms with Crippen LogP contribution in [-0.2, 0) is 21.4 Å². The lowest BCUT2D eigenvalue weighted by Crippen LogP contribution is -2.53. The van der Waals surface area contributed by atoms with Crippen molar-refractivity contribution in [1.29, 1.82) is 0 Å². The highest BCUT2D eigenvalue weighted by molar-refractivity contribution is 7.86. The third kappa shape index (κ3) is 4.42. The van der Waals surface area contributed by atoms with E-state index in [0.717, 1.165) is 5.56 Å². The topological polar surface area (TPSA) is 79.4 Å². The number of methoxy groups -OCH3 is 2. The van der Waals surface area contributed by atoms with E-state index in [-0.39, 0.29) is 12.3 Å². The van der Waals surface area contributed by atoms with Crippen LogP contribution >= 0.6 is 0 Å². The summed E-state index contributed by atoms with van der Waals surface area (Å²) in [4.78, 5) is 14.2. The molecule has 0 aromatic heterocycles. The molecule has 1 aliphatic rings. The SMILES string of the molecule is COc1ccc(CC(=O)N2CCN(S(=O)(=O)N(C)C)CC2)c(OC)c1. The van der Waals surface area contributed by atoms with E-state index < -0.39 is 10.2 Å². The van der Waals surface area contributed by atoms with Gasteiger partial charge in [0.2, 0.25) is 5.91 Å². The molecule has 0 spiro atoms. The van der Waals surface area contributed by atoms with Gasteiger partial charge in [-0.25, -0.2) is 0 Å². The number of nitrogens with zero attached hydrogens (tertiary/aromatic N) is 3. The second-order valence-corrected chi connectivity index (χ2v) is 8.07. The molecule has 0 aliphatic carbocycles. The molecule has 2 rings (SSSR count). The van der Waals surface area contributed by atoms with Gasteiger partial charge in [-0.15, -0.1) is 0 Å². The summed E-state index contributed by atoms with van der Waals surface area (Å²) in [5, 5.41) is 0. The molecule has 8 nitrogen and oxygen atoms in total. The van der Waals surface area contributed by atoms with Crippen LogP contribution in [0.15, 0.2) is 18.2 Å². The minimum atomic E-state index is -3.43. The van der Waals surface area contributed by atoms with Crippen LogP contribution in [0.3, 0.4) is 0 Å². The summed E-state index contributed by atoms with van der Waals surface area (Å²) in [7, 11) is 2.69. The lowest BCUT2D eigenvalue weighted by Gasteiger charge is -2.35. The first-order valence-corrected chi connectivity index (χ1v) is 9.35. The van der Waals surface area contributed by atoms with Crippen LogP contribution in [0.4, 0.5) is 0 Å². The smallest absolute Gasteiger partial charge is 0.281 e. The number of carbonyl (C=O) groups excluding carboxylic acids is 1. The summed E-state index contributed by atoms with van der Waals surface area (Å²) in [6.07, 6.45) is 0.202. The van der Waals surface area contributed by atoms with E-state index in [1.165, 1.54) is 22.7 Å². The van der Waals surface area contributed by atoms with Crippen LogP contribution in [0, 0.1) is 0 Å². The Labute approximate surface area is 149 Å². The fraction of sp³-hybridized carbons (Fsp3) is 0.562. The fourth-order valence-corrected chi connectivity index (χ4v) is 3.76. The van der Waals surface area contributed by atoms with E-state index in [1.54, 1.807) is 31.3 Å². The molecule has 1 aliphatic heterocycles. The molecule has 1 aromatic rings. The molecule has 140 valence electrons. The quantitative estimate of drug-likeness (QED) is 0.714. The first-order chi connectivity index (χ1) is 11.8. The number of ether oxygens (including phenoxy) is 2. The molecular formula is C16H25N3O5S. The Kier molecular flexibility index (Phi) is 6.26. The third-order valence-electron chi connectivity index (χ3n) is 4.21. The second-order valence-electron chi connectivity index (χ2n) is 5.92. The Morgan fingerprint density at radius 2 is 1.76 bits per heavy atom. The maximum atomic E-state index is 12.5. The van der Waals surface area contributed by atoms with Crippen molar-refractivity contribution in [2.24, 2.45) is 0 Å². The van der Waals surface area contributed by atoms with E-state index >= 15 is 0 Å². The van der Waals surface area contributed by atoms with E-state index in [9.17, 15) is 13.2 Å². The van der Waals surface area contributed by atoms with Crippen LogP contribution in [-0.4, -0.2) is 82.3 Å². The van der Waals surface area contributed by atoms with Crippen LogP contribution in [0.2, 0.25) is 0 Å². The maximum Gasteiger partial charge on any atom is 0.281 e. The Bertz CT molecular complexity index is 712. The van der Waals surface area contributed by atoms with Gasteiger partial charge in [-0.1, -0.05) is 6.07 Å². The van der Waals surface area contributed by atoms with Crippen LogP contribution in [0.25, 0.3) is 0 Å². The highest BCUT2D eigenvalue weighted by atomic mass is 32.2. The summed E-state index contributed by atoms with van der Waals surface area (Å²) < 4.78 is 37.3. The zero-order valence-corrected chi connectivity index (χ0v) is 15.9. The first kappa shape index (κ1) is 19.5. The molecule has 0 unspecified atom stereocenters. The van der Waals surface area contributed by atoms with Crippen molar-refractivity contribution in [3.05, 3.63) is 23.8 Å². The molecule has 25 heavy (non-hydrogen) atoms. The van der Waals surface area contributed by atoms with Gasteiger partial charge in [0.1, 0.15) is 11.5 Å². The van der Waals surface area contributed by atoms with Gasteiger partial charge < -0.3 is 14.4 Å². The summed E-state index contributed by atoms with van der Waals surface area (Å²) >= 11 is 0. The van der Waals surface area contributed by atoms with Crippen molar-refractivity contribution in [3.63, 3.8) is 0 Å². The second kappa shape index (κ2) is 8.03. The normalized spacial score (nSPS) is 16.1. The number of benzene rings is 1. The predicted molar refractivity (Wildman–Crippen MR) is 94.0 cm³/mol. The van der Waals surface area contributed by atoms with Gasteiger partial charge in [0, 0.05) is 51.9 Å². The summed E-state index contributed by atoms with van der Waals surface area (Å²) in [6, 6.07) is 5.33. The highest BCUT2D eigenvalue weighted by Gasteiger charge is 2.30. The number of hydrogen-bond acceptors (Lipinski definition) is 5. The summed E-state index contributed by atoms with van der Waals surface area (Å²) in [5.41, 5.74) is 0.775. The van der Waals surface area contributed by atoms with Gasteiger partial charge in [0.25, 0.3) is 10.2 Å². The van der Waals surface area contributed by atoms with Crippen molar-refractivity contribution in [3.8, 4) is 11.5 Å². The lowest BCUT2D eigenvalue weighted by atomic mass is 10.1. The van der Waals surface area contributed by atoms with Crippen molar-refractivity contribution in [2.45, 2.75) is 6.42 Å². The van der Waals surface area contributed by atoms with Crippen LogP contribution in [0.1, 0.15) is 5.56 Å². The van der Waals surface area contributed by atoms with E-state index in [1.807, 2.05) is 6.07 Å². The molecule has 1 saturated heterocycles. The summed E-state index contributed by atoms with van der Waals surface area (Å²) in [6.45, 7) is 1.35. The Morgan fingerprint density at radius 1 is 1.12 bits per heavy atom. The molecule has 1 heterocycles. The van der Waals surface area contributed by atoms with Gasteiger partial charge >= 0.3 is 0 Å². The molecule has 0 atom stereocenters. The molecular weight excluding hydrogens is 346 g/mol. The summed E-state index contributed by atoms with van der Waals surface area (Å²) in [5.74, 6) is 1.21. The number of hydrogen-bond donors (Lipinski definition) is 0. The van der Waals surface area contributed by atoms with Crippen molar-refractivity contribution in [1.82, 2.24) is 13.5 Å². The number of carbonyl (C=O) groups is 1. The molecule has 0 bridgehead atoms. The first-order valence-electron chi connectivity index (χ1n) is 7.96. The number of rotatable bonds is 6. The number of amides is 1. The Morgan fingerprint density at radius 3 is 2.28 bits per heavy atom. The van der Waals surface area contributed by atoms with Gasteiger partial charge in [0.05, 0.1) is 20.6 Å². The zero-order valence-electron chi connectivity index (χ0n) is 15.1. The zero-order chi connectivity index (χ0) is 18.6. The van der Waals surface area contributed by atoms with Gasteiger partial charge in [-0.2, -0.15) is 17.0 Å². The van der Waals surface area contributed by atoms with E-state index in [0.29, 0.717) is 37.7 Å². The van der Waals surface area contributed by atoms with E-state index in [4.69, 9.17) is 9.47 Å². The fourth-order valence-electron chi connectivity index (χ4n) is 2.67. The van der Waals surface area contributed by atoms with Crippen molar-refractivity contribution in [2.75, 3.05) is 54.5 Å². The minimum Gasteiger partial charge on any atom is -0.497 e. The highest BCUT2D eigenvalue weighted by Crippen LogP contribution is 2.25. The largest absolute Gasteiger partial charge is 0.497 e. The van der Waals surface area contributed by atoms with Gasteiger partial charge in [-0.3, -0.25) is 4.79 Å². The van der Waals surface area contributed by atoms with Crippen LogP contribution < -0.4 is 9.47 Å². The molecule has 1 aromatic carbocycles. The van der Waals surface area contributed by atoms with Crippen LogP contribution in [0.5, 0.6) is 11.5 Å². The Hall–Kier alpha value is -1.84. The molecule has 1 amide bonds. The average molecular weight is 371 g/mol. The molecule has 9 heteroatoms. The lowest BCUT2D eigenvalue weighted by molar-refractivity contribution is -0.131. The molecule has 0 radical (unpaired) electrons. The van der Waals surface area contributed by atoms with Crippen molar-refractivity contribution < 1.29 is 22.7 Å². The average Bonchev–Trinajstić information content (AvgIpc) is 2.61. The number of piperazine rings is 1. The molecule has 0 N–H and O–H groups in total. The standard InChI is InChI=1S/C16H25N3O5S/c1-17(2)25(21,22)19-9-7-18(8-10-19)16(20)11-13-5-6-14(23-3)12-15(13)24-4/h5-6,12H,7-11H2,1-4H3. The molecule has 0 saturated carbocycles. The predicted octanol–water partition coefficient (Wildman–Crippen LogP) is 0.197. The maximum absolute atomic E-state index is 12.5. The van der Waals surface area contributed by atoms with E-state index in [2.05, 4.69) is 0 Å². The minimum absolute atomic E-state index is 0.0506. The molecule has 1 fully saturated rings.